The van der Waals surface area contributed by atoms with Crippen LogP contribution in [0, 0.1) is 0 Å². The Bertz CT molecular complexity index is 286. The monoisotopic (exact) mass is 167 g/mol. The summed E-state index contributed by atoms with van der Waals surface area (Å²) >= 11 is 0. The van der Waals surface area contributed by atoms with Crippen molar-refractivity contribution in [3.63, 3.8) is 0 Å². The molecular weight excluding hydrogens is 154 g/mol. The van der Waals surface area contributed by atoms with Crippen molar-refractivity contribution in [3.05, 3.63) is 12.1 Å². The Balaban J connectivity index is 3.24. The van der Waals surface area contributed by atoms with Gasteiger partial charge in [0.1, 0.15) is 0 Å². The molecule has 0 aromatic heterocycles. The lowest BCUT2D eigenvalue weighted by Gasteiger charge is -2.11. The number of anilines is 3. The molecule has 0 aliphatic heterocycles. The van der Waals surface area contributed by atoms with Gasteiger partial charge in [0.2, 0.25) is 0 Å². The van der Waals surface area contributed by atoms with Crippen LogP contribution < -0.4 is 21.5 Å². The van der Waals surface area contributed by atoms with Crippen LogP contribution in [0.4, 0.5) is 17.1 Å². The van der Waals surface area contributed by atoms with Gasteiger partial charge in [0.05, 0.1) is 24.2 Å². The summed E-state index contributed by atoms with van der Waals surface area (Å²) in [5.74, 6) is 0.529. The molecule has 0 saturated heterocycles. The highest BCUT2D eigenvalue weighted by Gasteiger charge is 2.07. The van der Waals surface area contributed by atoms with Crippen molar-refractivity contribution in [1.29, 1.82) is 0 Å². The second kappa shape index (κ2) is 3.21. The second-order valence-corrected chi connectivity index (χ2v) is 2.40. The number of benzene rings is 1. The van der Waals surface area contributed by atoms with Crippen molar-refractivity contribution in [2.75, 3.05) is 30.9 Å². The Labute approximate surface area is 71.5 Å². The fraction of sp³-hybridized carbons (Fsp3) is 0.250. The predicted octanol–water partition coefficient (Wildman–Crippen LogP) is 0.901. The molecule has 4 nitrogen and oxygen atoms in total. The third-order valence-electron chi connectivity index (χ3n) is 1.70. The average molecular weight is 167 g/mol. The van der Waals surface area contributed by atoms with Crippen molar-refractivity contribution in [2.24, 2.45) is 0 Å². The normalized spacial score (nSPS) is 9.50. The molecule has 66 valence electrons. The number of methoxy groups -OCH3 is 1. The molecule has 0 aliphatic rings. The Morgan fingerprint density at radius 1 is 1.33 bits per heavy atom. The Kier molecular flexibility index (Phi) is 2.28. The largest absolute Gasteiger partial charge is 0.492 e. The van der Waals surface area contributed by atoms with E-state index in [1.54, 1.807) is 20.2 Å². The average Bonchev–Trinajstić information content (AvgIpc) is 2.06. The maximum atomic E-state index is 5.74. The van der Waals surface area contributed by atoms with Gasteiger partial charge in [-0.05, 0) is 12.1 Å². The minimum Gasteiger partial charge on any atom is -0.492 e. The van der Waals surface area contributed by atoms with Gasteiger partial charge in [-0.25, -0.2) is 0 Å². The molecule has 0 unspecified atom stereocenters. The third-order valence-corrected chi connectivity index (χ3v) is 1.70. The standard InChI is InChI=1S/C8H13N3O/c1-11-6-4-3-5(9)8(12-2)7(6)10/h3-4,11H,9-10H2,1-2H3. The minimum absolute atomic E-state index is 0.529. The summed E-state index contributed by atoms with van der Waals surface area (Å²) in [5.41, 5.74) is 13.3. The minimum atomic E-state index is 0.529. The van der Waals surface area contributed by atoms with Crippen LogP contribution in [-0.2, 0) is 0 Å². The number of ether oxygens (including phenoxy) is 1. The molecule has 0 radical (unpaired) electrons. The van der Waals surface area contributed by atoms with Crippen LogP contribution in [0.2, 0.25) is 0 Å². The number of nitrogen functional groups attached to an aromatic ring is 2. The van der Waals surface area contributed by atoms with E-state index in [9.17, 15) is 0 Å². The second-order valence-electron chi connectivity index (χ2n) is 2.40. The maximum absolute atomic E-state index is 5.74. The summed E-state index contributed by atoms with van der Waals surface area (Å²) < 4.78 is 5.03. The lowest BCUT2D eigenvalue weighted by atomic mass is 10.2. The molecule has 1 aromatic carbocycles. The smallest absolute Gasteiger partial charge is 0.166 e. The molecule has 0 spiro atoms. The van der Waals surface area contributed by atoms with Gasteiger partial charge in [0, 0.05) is 7.05 Å². The first kappa shape index (κ1) is 8.52. The molecule has 0 aliphatic carbocycles. The molecule has 1 rings (SSSR count). The number of hydrogen-bond acceptors (Lipinski definition) is 4. The number of hydrogen-bond donors (Lipinski definition) is 3. The Morgan fingerprint density at radius 3 is 2.50 bits per heavy atom. The first-order valence-electron chi connectivity index (χ1n) is 3.60. The maximum Gasteiger partial charge on any atom is 0.166 e. The molecule has 4 heteroatoms. The highest BCUT2D eigenvalue weighted by Crippen LogP contribution is 2.34. The van der Waals surface area contributed by atoms with Gasteiger partial charge >= 0.3 is 0 Å². The zero-order valence-electron chi connectivity index (χ0n) is 7.22. The SMILES string of the molecule is CNc1ccc(N)c(OC)c1N. The van der Waals surface area contributed by atoms with E-state index < -0.39 is 0 Å². The van der Waals surface area contributed by atoms with Crippen molar-refractivity contribution in [2.45, 2.75) is 0 Å². The zero-order valence-corrected chi connectivity index (χ0v) is 7.22. The van der Waals surface area contributed by atoms with Crippen LogP contribution in [0.25, 0.3) is 0 Å². The number of nitrogens with one attached hydrogen (secondary N) is 1. The van der Waals surface area contributed by atoms with Crippen molar-refractivity contribution < 1.29 is 4.74 Å². The van der Waals surface area contributed by atoms with Gasteiger partial charge in [0.15, 0.2) is 5.75 Å². The van der Waals surface area contributed by atoms with E-state index >= 15 is 0 Å². The van der Waals surface area contributed by atoms with Gasteiger partial charge < -0.3 is 21.5 Å². The summed E-state index contributed by atoms with van der Waals surface area (Å²) in [7, 11) is 3.34. The molecule has 0 atom stereocenters. The molecule has 0 fully saturated rings. The highest BCUT2D eigenvalue weighted by atomic mass is 16.5. The molecule has 0 bridgehead atoms. The van der Waals surface area contributed by atoms with Crippen LogP contribution in [-0.4, -0.2) is 14.2 Å². The third kappa shape index (κ3) is 1.23. The Hall–Kier alpha value is -1.58. The quantitative estimate of drug-likeness (QED) is 0.572. The topological polar surface area (TPSA) is 73.3 Å². The first-order chi connectivity index (χ1) is 5.70. The van der Waals surface area contributed by atoms with Crippen LogP contribution in [0.1, 0.15) is 0 Å². The van der Waals surface area contributed by atoms with Crippen LogP contribution in [0.15, 0.2) is 12.1 Å². The first-order valence-corrected chi connectivity index (χ1v) is 3.60. The van der Waals surface area contributed by atoms with Gasteiger partial charge in [-0.1, -0.05) is 0 Å². The summed E-state index contributed by atoms with van der Waals surface area (Å²) in [6.07, 6.45) is 0. The van der Waals surface area contributed by atoms with Gasteiger partial charge in [-0.15, -0.1) is 0 Å². The van der Waals surface area contributed by atoms with Gasteiger partial charge in [-0.2, -0.15) is 0 Å². The molecule has 0 heterocycles. The van der Waals surface area contributed by atoms with Crippen LogP contribution in [0.3, 0.4) is 0 Å². The van der Waals surface area contributed by atoms with E-state index in [1.165, 1.54) is 0 Å². The molecule has 0 saturated carbocycles. The number of rotatable bonds is 2. The molecule has 5 N–H and O–H groups in total. The van der Waals surface area contributed by atoms with E-state index in [-0.39, 0.29) is 0 Å². The zero-order chi connectivity index (χ0) is 9.14. The van der Waals surface area contributed by atoms with Crippen LogP contribution >= 0.6 is 0 Å². The van der Waals surface area contributed by atoms with Crippen LogP contribution in [0.5, 0.6) is 5.75 Å². The number of nitrogens with two attached hydrogens (primary N) is 2. The van der Waals surface area contributed by atoms with Crippen molar-refractivity contribution in [3.8, 4) is 5.75 Å². The fourth-order valence-corrected chi connectivity index (χ4v) is 1.06. The predicted molar refractivity (Wildman–Crippen MR) is 51.4 cm³/mol. The summed E-state index contributed by atoms with van der Waals surface area (Å²) in [5, 5.41) is 2.94. The van der Waals surface area contributed by atoms with Gasteiger partial charge in [0.25, 0.3) is 0 Å². The van der Waals surface area contributed by atoms with Crippen molar-refractivity contribution in [1.82, 2.24) is 0 Å². The fourth-order valence-electron chi connectivity index (χ4n) is 1.06. The Morgan fingerprint density at radius 2 is 2.00 bits per heavy atom. The van der Waals surface area contributed by atoms with Crippen molar-refractivity contribution >= 4 is 17.1 Å². The summed E-state index contributed by atoms with van der Waals surface area (Å²) in [4.78, 5) is 0. The van der Waals surface area contributed by atoms with Gasteiger partial charge in [-0.3, -0.25) is 0 Å². The molecule has 0 amide bonds. The highest BCUT2D eigenvalue weighted by molar-refractivity contribution is 5.80. The lowest BCUT2D eigenvalue weighted by molar-refractivity contribution is 0.419. The van der Waals surface area contributed by atoms with E-state index in [1.807, 2.05) is 6.07 Å². The summed E-state index contributed by atoms with van der Waals surface area (Å²) in [6.45, 7) is 0. The van der Waals surface area contributed by atoms with E-state index in [4.69, 9.17) is 16.2 Å². The molecule has 12 heavy (non-hydrogen) atoms. The van der Waals surface area contributed by atoms with E-state index in [0.29, 0.717) is 17.1 Å². The van der Waals surface area contributed by atoms with E-state index in [0.717, 1.165) is 5.69 Å². The summed E-state index contributed by atoms with van der Waals surface area (Å²) in [6, 6.07) is 3.56. The molecular formula is C8H13N3O. The lowest BCUT2D eigenvalue weighted by Crippen LogP contribution is -2.01. The van der Waals surface area contributed by atoms with E-state index in [2.05, 4.69) is 5.32 Å². The molecule has 1 aromatic rings.